The fraction of sp³-hybridized carbons (Fsp3) is 0.467. The predicted molar refractivity (Wildman–Crippen MR) is 82.3 cm³/mol. The van der Waals surface area contributed by atoms with Gasteiger partial charge in [0.25, 0.3) is 0 Å². The fourth-order valence-corrected chi connectivity index (χ4v) is 2.10. The molecule has 22 heavy (non-hydrogen) atoms. The fourth-order valence-electron chi connectivity index (χ4n) is 2.10. The molecule has 1 heterocycles. The summed E-state index contributed by atoms with van der Waals surface area (Å²) in [7, 11) is 0. The van der Waals surface area contributed by atoms with Crippen LogP contribution in [0.3, 0.4) is 0 Å². The van der Waals surface area contributed by atoms with Crippen molar-refractivity contribution in [3.8, 4) is 0 Å². The Kier molecular flexibility index (Phi) is 5.05. The molecule has 4 nitrogen and oxygen atoms in total. The minimum Gasteiger partial charge on any atom is -0.363 e. The van der Waals surface area contributed by atoms with Crippen LogP contribution in [0.15, 0.2) is 34.4 Å². The van der Waals surface area contributed by atoms with Crippen molar-refractivity contribution in [1.82, 2.24) is 4.90 Å². The number of halogens is 3. The van der Waals surface area contributed by atoms with E-state index in [-0.39, 0.29) is 0 Å². The van der Waals surface area contributed by atoms with Gasteiger partial charge in [-0.3, -0.25) is 5.01 Å². The Morgan fingerprint density at radius 3 is 2.68 bits per heavy atom. The Morgan fingerprint density at radius 1 is 1.32 bits per heavy atom. The smallest absolute Gasteiger partial charge is 0.363 e. The molecule has 1 aliphatic rings. The third kappa shape index (κ3) is 3.99. The second-order valence-electron chi connectivity index (χ2n) is 4.90. The van der Waals surface area contributed by atoms with Crippen LogP contribution < -0.4 is 5.01 Å². The van der Waals surface area contributed by atoms with E-state index in [1.165, 1.54) is 6.07 Å². The predicted octanol–water partition coefficient (Wildman–Crippen LogP) is 3.60. The zero-order chi connectivity index (χ0) is 16.2. The SMILES string of the molecule is CCN(C=NC1=NN(c2cccc(C(F)(F)F)c2)CC1)CC. The van der Waals surface area contributed by atoms with E-state index in [1.54, 1.807) is 17.4 Å². The maximum atomic E-state index is 12.7. The van der Waals surface area contributed by atoms with Gasteiger partial charge in [0.05, 0.1) is 17.6 Å². The monoisotopic (exact) mass is 312 g/mol. The molecule has 0 unspecified atom stereocenters. The second kappa shape index (κ2) is 6.81. The summed E-state index contributed by atoms with van der Waals surface area (Å²) < 4.78 is 38.2. The minimum absolute atomic E-state index is 0.433. The molecule has 0 aliphatic carbocycles. The highest BCUT2D eigenvalue weighted by molar-refractivity contribution is 5.91. The molecule has 0 amide bonds. The number of nitrogens with zero attached hydrogens (tertiary/aromatic N) is 4. The lowest BCUT2D eigenvalue weighted by Crippen LogP contribution is -2.21. The number of anilines is 1. The van der Waals surface area contributed by atoms with Crippen molar-refractivity contribution >= 4 is 17.9 Å². The highest BCUT2D eigenvalue weighted by Gasteiger charge is 2.31. The molecular weight excluding hydrogens is 293 g/mol. The Morgan fingerprint density at radius 2 is 2.05 bits per heavy atom. The summed E-state index contributed by atoms with van der Waals surface area (Å²) >= 11 is 0. The van der Waals surface area contributed by atoms with Crippen LogP contribution in [-0.2, 0) is 6.18 Å². The summed E-state index contributed by atoms with van der Waals surface area (Å²) in [6, 6.07) is 5.18. The first-order valence-electron chi connectivity index (χ1n) is 7.24. The maximum absolute atomic E-state index is 12.7. The van der Waals surface area contributed by atoms with Crippen LogP contribution in [0, 0.1) is 0 Å². The van der Waals surface area contributed by atoms with Gasteiger partial charge in [0.2, 0.25) is 0 Å². The van der Waals surface area contributed by atoms with Crippen molar-refractivity contribution in [2.24, 2.45) is 10.1 Å². The van der Waals surface area contributed by atoms with Crippen LogP contribution in [0.25, 0.3) is 0 Å². The van der Waals surface area contributed by atoms with Gasteiger partial charge < -0.3 is 4.90 Å². The average molecular weight is 312 g/mol. The van der Waals surface area contributed by atoms with Crippen molar-refractivity contribution in [3.05, 3.63) is 29.8 Å². The molecule has 0 N–H and O–H groups in total. The van der Waals surface area contributed by atoms with Crippen LogP contribution in [0.2, 0.25) is 0 Å². The van der Waals surface area contributed by atoms with Crippen LogP contribution >= 0.6 is 0 Å². The van der Waals surface area contributed by atoms with Crippen molar-refractivity contribution in [3.63, 3.8) is 0 Å². The third-order valence-electron chi connectivity index (χ3n) is 3.44. The first kappa shape index (κ1) is 16.3. The number of hydrogen-bond donors (Lipinski definition) is 0. The van der Waals surface area contributed by atoms with E-state index in [2.05, 4.69) is 10.1 Å². The first-order chi connectivity index (χ1) is 10.4. The van der Waals surface area contributed by atoms with E-state index >= 15 is 0 Å². The lowest BCUT2D eigenvalue weighted by molar-refractivity contribution is -0.137. The van der Waals surface area contributed by atoms with Gasteiger partial charge in [0, 0.05) is 26.1 Å². The molecule has 0 bridgehead atoms. The third-order valence-corrected chi connectivity index (χ3v) is 3.44. The lowest BCUT2D eigenvalue weighted by atomic mass is 10.2. The van der Waals surface area contributed by atoms with Gasteiger partial charge >= 0.3 is 6.18 Å². The molecule has 1 aromatic rings. The normalized spacial score (nSPS) is 15.5. The number of alkyl halides is 3. The second-order valence-corrected chi connectivity index (χ2v) is 4.90. The van der Waals surface area contributed by atoms with E-state index in [0.29, 0.717) is 24.5 Å². The van der Waals surface area contributed by atoms with Gasteiger partial charge in [-0.05, 0) is 32.0 Å². The zero-order valence-corrected chi connectivity index (χ0v) is 12.6. The molecular formula is C15H19F3N4. The van der Waals surface area contributed by atoms with Gasteiger partial charge in [0.1, 0.15) is 0 Å². The van der Waals surface area contributed by atoms with Gasteiger partial charge in [-0.1, -0.05) is 6.07 Å². The number of benzene rings is 1. The summed E-state index contributed by atoms with van der Waals surface area (Å²) in [4.78, 5) is 6.32. The van der Waals surface area contributed by atoms with Crippen LogP contribution in [0.5, 0.6) is 0 Å². The van der Waals surface area contributed by atoms with Gasteiger partial charge in [-0.15, -0.1) is 0 Å². The molecule has 0 radical (unpaired) electrons. The highest BCUT2D eigenvalue weighted by atomic mass is 19.4. The molecule has 0 atom stereocenters. The molecule has 0 fully saturated rings. The first-order valence-corrected chi connectivity index (χ1v) is 7.24. The molecule has 120 valence electrons. The Labute approximate surface area is 127 Å². The number of amidine groups is 1. The average Bonchev–Trinajstić information content (AvgIpc) is 2.96. The summed E-state index contributed by atoms with van der Waals surface area (Å²) in [5, 5.41) is 5.84. The zero-order valence-electron chi connectivity index (χ0n) is 12.6. The molecule has 0 aromatic heterocycles. The summed E-state index contributed by atoms with van der Waals surface area (Å²) in [6.07, 6.45) is -1.99. The Hall–Kier alpha value is -2.05. The number of hydrazone groups is 1. The summed E-state index contributed by atoms with van der Waals surface area (Å²) in [6.45, 7) is 6.29. The van der Waals surface area contributed by atoms with E-state index in [1.807, 2.05) is 18.7 Å². The van der Waals surface area contributed by atoms with E-state index in [9.17, 15) is 13.2 Å². The number of hydrogen-bond acceptors (Lipinski definition) is 3. The Bertz CT molecular complexity index is 562. The number of aliphatic imine (C=N–C) groups is 1. The van der Waals surface area contributed by atoms with E-state index < -0.39 is 11.7 Å². The van der Waals surface area contributed by atoms with Crippen molar-refractivity contribution in [1.29, 1.82) is 0 Å². The Balaban J connectivity index is 2.12. The maximum Gasteiger partial charge on any atom is 0.416 e. The summed E-state index contributed by atoms with van der Waals surface area (Å²) in [5.74, 6) is 0.629. The van der Waals surface area contributed by atoms with Crippen molar-refractivity contribution in [2.45, 2.75) is 26.4 Å². The summed E-state index contributed by atoms with van der Waals surface area (Å²) in [5.41, 5.74) is -0.233. The molecule has 0 saturated carbocycles. The quantitative estimate of drug-likeness (QED) is 0.628. The lowest BCUT2D eigenvalue weighted by Gasteiger charge is -2.15. The molecule has 0 spiro atoms. The number of rotatable bonds is 4. The molecule has 1 aromatic carbocycles. The van der Waals surface area contributed by atoms with Gasteiger partial charge in [0.15, 0.2) is 5.84 Å². The van der Waals surface area contributed by atoms with Gasteiger partial charge in [-0.25, -0.2) is 4.99 Å². The van der Waals surface area contributed by atoms with Crippen LogP contribution in [0.4, 0.5) is 18.9 Å². The highest BCUT2D eigenvalue weighted by Crippen LogP contribution is 2.32. The molecule has 2 rings (SSSR count). The van der Waals surface area contributed by atoms with E-state index in [0.717, 1.165) is 25.2 Å². The standard InChI is InChI=1S/C15H19F3N4/c1-3-21(4-2)11-19-14-8-9-22(20-14)13-7-5-6-12(10-13)15(16,17)18/h5-7,10-11H,3-4,8-9H2,1-2H3. The molecule has 7 heteroatoms. The van der Waals surface area contributed by atoms with Crippen LogP contribution in [-0.4, -0.2) is 36.7 Å². The largest absolute Gasteiger partial charge is 0.416 e. The molecule has 0 saturated heterocycles. The van der Waals surface area contributed by atoms with Crippen LogP contribution in [0.1, 0.15) is 25.8 Å². The minimum atomic E-state index is -4.34. The van der Waals surface area contributed by atoms with Crippen molar-refractivity contribution in [2.75, 3.05) is 24.6 Å². The molecule has 1 aliphatic heterocycles. The topological polar surface area (TPSA) is 31.2 Å². The van der Waals surface area contributed by atoms with Crippen molar-refractivity contribution < 1.29 is 13.2 Å². The van der Waals surface area contributed by atoms with Gasteiger partial charge in [-0.2, -0.15) is 18.3 Å². The van der Waals surface area contributed by atoms with E-state index in [4.69, 9.17) is 0 Å².